The molecular formula is C32H40N4. The second kappa shape index (κ2) is 13.6. The van der Waals surface area contributed by atoms with Gasteiger partial charge in [-0.15, -0.1) is 0 Å². The number of aryl methyl sites for hydroxylation is 2. The van der Waals surface area contributed by atoms with E-state index < -0.39 is 0 Å². The Labute approximate surface area is 216 Å². The number of nitrogens with one attached hydrogen (secondary N) is 2. The van der Waals surface area contributed by atoms with Gasteiger partial charge in [-0.05, 0) is 63.6 Å². The molecule has 0 spiro atoms. The number of hydrogen-bond donors (Lipinski definition) is 2. The lowest BCUT2D eigenvalue weighted by Gasteiger charge is -2.10. The van der Waals surface area contributed by atoms with Crippen LogP contribution < -0.4 is 10.6 Å². The van der Waals surface area contributed by atoms with E-state index in [1.165, 1.54) is 67.8 Å². The highest BCUT2D eigenvalue weighted by Gasteiger charge is 2.03. The van der Waals surface area contributed by atoms with Crippen LogP contribution >= 0.6 is 0 Å². The molecule has 188 valence electrons. The van der Waals surface area contributed by atoms with Crippen molar-refractivity contribution in [2.24, 2.45) is 0 Å². The summed E-state index contributed by atoms with van der Waals surface area (Å²) >= 11 is 0. The van der Waals surface area contributed by atoms with E-state index in [4.69, 9.17) is 0 Å². The number of fused-ring (bicyclic) bond motifs is 2. The molecule has 0 radical (unpaired) electrons. The lowest BCUT2D eigenvalue weighted by Crippen LogP contribution is -2.03. The molecule has 4 nitrogen and oxygen atoms in total. The zero-order valence-electron chi connectivity index (χ0n) is 21.9. The summed E-state index contributed by atoms with van der Waals surface area (Å²) in [6.07, 6.45) is 16.0. The summed E-state index contributed by atoms with van der Waals surface area (Å²) < 4.78 is 0. The van der Waals surface area contributed by atoms with E-state index >= 15 is 0 Å². The van der Waals surface area contributed by atoms with Crippen LogP contribution in [0, 0.1) is 13.8 Å². The zero-order valence-corrected chi connectivity index (χ0v) is 21.9. The number of aromatic nitrogens is 2. The smallest absolute Gasteiger partial charge is 0.0726 e. The molecule has 2 aromatic heterocycles. The maximum absolute atomic E-state index is 4.63. The van der Waals surface area contributed by atoms with Crippen LogP contribution in [0.3, 0.4) is 0 Å². The van der Waals surface area contributed by atoms with Gasteiger partial charge in [0.25, 0.3) is 0 Å². The molecule has 0 fully saturated rings. The Kier molecular flexibility index (Phi) is 9.72. The van der Waals surface area contributed by atoms with Crippen molar-refractivity contribution in [3.8, 4) is 0 Å². The first-order valence-corrected chi connectivity index (χ1v) is 13.6. The predicted octanol–water partition coefficient (Wildman–Crippen LogP) is 8.95. The molecule has 0 aliphatic heterocycles. The van der Waals surface area contributed by atoms with Crippen LogP contribution in [0.1, 0.15) is 69.2 Å². The summed E-state index contributed by atoms with van der Waals surface area (Å²) in [6.45, 7) is 5.14. The number of nitrogens with zero attached hydrogens (tertiary/aromatic N) is 2. The summed E-state index contributed by atoms with van der Waals surface area (Å²) in [5.74, 6) is 0. The van der Waals surface area contributed by atoms with E-state index in [2.05, 4.69) is 94.4 Å². The van der Waals surface area contributed by atoms with Crippen molar-refractivity contribution in [2.45, 2.75) is 71.6 Å². The number of rotatable bonds is 14. The van der Waals surface area contributed by atoms with Crippen molar-refractivity contribution in [3.05, 3.63) is 84.3 Å². The first kappa shape index (κ1) is 25.7. The third kappa shape index (κ3) is 7.55. The number of anilines is 2. The lowest BCUT2D eigenvalue weighted by atomic mass is 10.1. The highest BCUT2D eigenvalue weighted by molar-refractivity contribution is 5.92. The maximum Gasteiger partial charge on any atom is 0.0726 e. The van der Waals surface area contributed by atoms with Crippen LogP contribution in [0.5, 0.6) is 0 Å². The van der Waals surface area contributed by atoms with Gasteiger partial charge in [0, 0.05) is 40.1 Å². The molecule has 0 unspecified atom stereocenters. The predicted molar refractivity (Wildman–Crippen MR) is 156 cm³/mol. The Bertz CT molecular complexity index is 1280. The topological polar surface area (TPSA) is 49.8 Å². The number of pyridine rings is 2. The van der Waals surface area contributed by atoms with Crippen LogP contribution in [0.15, 0.2) is 72.9 Å². The molecule has 0 aliphatic carbocycles. The fraction of sp³-hybridized carbons (Fsp3) is 0.375. The monoisotopic (exact) mass is 480 g/mol. The van der Waals surface area contributed by atoms with E-state index in [0.717, 1.165) is 41.1 Å². The number of allylic oxidation sites excluding steroid dienone is 1. The quantitative estimate of drug-likeness (QED) is 0.177. The molecule has 4 rings (SSSR count). The van der Waals surface area contributed by atoms with Crippen LogP contribution in [-0.4, -0.2) is 16.5 Å². The van der Waals surface area contributed by atoms with Crippen molar-refractivity contribution in [3.63, 3.8) is 0 Å². The highest BCUT2D eigenvalue weighted by Crippen LogP contribution is 2.24. The van der Waals surface area contributed by atoms with Crippen LogP contribution in [-0.2, 0) is 0 Å². The molecule has 4 heteroatoms. The first-order chi connectivity index (χ1) is 17.7. The highest BCUT2D eigenvalue weighted by atomic mass is 14.9. The van der Waals surface area contributed by atoms with Gasteiger partial charge in [0.05, 0.1) is 11.0 Å². The molecule has 36 heavy (non-hydrogen) atoms. The third-order valence-corrected chi connectivity index (χ3v) is 6.66. The van der Waals surface area contributed by atoms with Crippen molar-refractivity contribution in [1.82, 2.24) is 9.97 Å². The molecule has 4 aromatic rings. The molecule has 2 heterocycles. The second-order valence-electron chi connectivity index (χ2n) is 9.75. The van der Waals surface area contributed by atoms with Crippen molar-refractivity contribution < 1.29 is 0 Å². The summed E-state index contributed by atoms with van der Waals surface area (Å²) in [7, 11) is 0. The summed E-state index contributed by atoms with van der Waals surface area (Å²) in [6, 6.07) is 21.0. The van der Waals surface area contributed by atoms with Gasteiger partial charge in [0.2, 0.25) is 0 Å². The SMILES string of the molecule is Cc1cc(NC=CCCCCCCCCCCNc2cc(C)nc3ccccc23)c2ccccc2n1. The molecule has 2 N–H and O–H groups in total. The minimum Gasteiger partial charge on any atom is -0.384 e. The standard InChI is InChI=1S/C32H40N4/c1-25-23-31(27-17-11-13-19-29(27)35-25)33-21-15-9-7-5-3-4-6-8-10-16-22-34-32-24-26(2)36-30-20-14-12-18-28(30)32/h11-15,17-21,23-24H,3-10,16,22H2,1-2H3,(H,33,35)(H,34,36). The Morgan fingerprint density at radius 2 is 1.17 bits per heavy atom. The number of para-hydroxylation sites is 2. The normalized spacial score (nSPS) is 11.5. The van der Waals surface area contributed by atoms with Gasteiger partial charge in [-0.2, -0.15) is 0 Å². The summed E-state index contributed by atoms with van der Waals surface area (Å²) in [5.41, 5.74) is 6.57. The molecule has 0 aliphatic rings. The molecule has 2 aromatic carbocycles. The van der Waals surface area contributed by atoms with Crippen LogP contribution in [0.25, 0.3) is 21.8 Å². The third-order valence-electron chi connectivity index (χ3n) is 6.66. The second-order valence-corrected chi connectivity index (χ2v) is 9.75. The van der Waals surface area contributed by atoms with Crippen molar-refractivity contribution >= 4 is 33.2 Å². The van der Waals surface area contributed by atoms with Gasteiger partial charge in [0.15, 0.2) is 0 Å². The summed E-state index contributed by atoms with van der Waals surface area (Å²) in [4.78, 5) is 9.23. The zero-order chi connectivity index (χ0) is 25.0. The van der Waals surface area contributed by atoms with E-state index in [-0.39, 0.29) is 0 Å². The van der Waals surface area contributed by atoms with Crippen molar-refractivity contribution in [1.29, 1.82) is 0 Å². The molecule has 0 saturated heterocycles. The van der Waals surface area contributed by atoms with Crippen molar-refractivity contribution in [2.75, 3.05) is 17.2 Å². The maximum atomic E-state index is 4.63. The number of hydrogen-bond acceptors (Lipinski definition) is 4. The fourth-order valence-corrected chi connectivity index (χ4v) is 4.78. The largest absolute Gasteiger partial charge is 0.384 e. The Morgan fingerprint density at radius 1 is 0.639 bits per heavy atom. The lowest BCUT2D eigenvalue weighted by molar-refractivity contribution is 0.574. The van der Waals surface area contributed by atoms with E-state index in [1.54, 1.807) is 0 Å². The average Bonchev–Trinajstić information content (AvgIpc) is 2.88. The van der Waals surface area contributed by atoms with Gasteiger partial charge in [-0.25, -0.2) is 0 Å². The molecule has 0 amide bonds. The number of unbranched alkanes of at least 4 members (excludes halogenated alkanes) is 8. The molecule has 0 saturated carbocycles. The average molecular weight is 481 g/mol. The Hall–Kier alpha value is -3.40. The van der Waals surface area contributed by atoms with E-state index in [0.29, 0.717) is 0 Å². The van der Waals surface area contributed by atoms with Gasteiger partial charge in [0.1, 0.15) is 0 Å². The summed E-state index contributed by atoms with van der Waals surface area (Å²) in [5, 5.41) is 9.48. The first-order valence-electron chi connectivity index (χ1n) is 13.6. The van der Waals surface area contributed by atoms with Crippen LogP contribution in [0.2, 0.25) is 0 Å². The Morgan fingerprint density at radius 3 is 1.83 bits per heavy atom. The Balaban J connectivity index is 1.02. The molecule has 0 bridgehead atoms. The minimum atomic E-state index is 1.03. The molecular weight excluding hydrogens is 440 g/mol. The minimum absolute atomic E-state index is 1.03. The van der Waals surface area contributed by atoms with Crippen LogP contribution in [0.4, 0.5) is 11.4 Å². The van der Waals surface area contributed by atoms with Gasteiger partial charge < -0.3 is 10.6 Å². The van der Waals surface area contributed by atoms with Gasteiger partial charge in [-0.1, -0.05) is 81.0 Å². The number of benzene rings is 2. The van der Waals surface area contributed by atoms with Gasteiger partial charge in [-0.3, -0.25) is 9.97 Å². The van der Waals surface area contributed by atoms with Gasteiger partial charge >= 0.3 is 0 Å². The fourth-order valence-electron chi connectivity index (χ4n) is 4.78. The van der Waals surface area contributed by atoms with E-state index in [9.17, 15) is 0 Å². The van der Waals surface area contributed by atoms with E-state index in [1.807, 2.05) is 13.0 Å². The molecule has 0 atom stereocenters.